The zero-order valence-electron chi connectivity index (χ0n) is 13.1. The van der Waals surface area contributed by atoms with Gasteiger partial charge in [0, 0.05) is 24.7 Å². The summed E-state index contributed by atoms with van der Waals surface area (Å²) in [6, 6.07) is 10.3. The fourth-order valence-electron chi connectivity index (χ4n) is 3.43. The van der Waals surface area contributed by atoms with E-state index in [2.05, 4.69) is 22.0 Å². The number of thiazole rings is 1. The van der Waals surface area contributed by atoms with Gasteiger partial charge in [0.05, 0.1) is 5.41 Å². The lowest BCUT2D eigenvalue weighted by Gasteiger charge is -2.40. The largest absolute Gasteiger partial charge is 0.481 e. The van der Waals surface area contributed by atoms with Crippen molar-refractivity contribution < 1.29 is 9.90 Å². The first-order valence-corrected chi connectivity index (χ1v) is 8.99. The first kappa shape index (κ1) is 16.0. The minimum atomic E-state index is -0.660. The highest BCUT2D eigenvalue weighted by molar-refractivity contribution is 7.13. The third-order valence-electron chi connectivity index (χ3n) is 4.68. The summed E-state index contributed by atoms with van der Waals surface area (Å²) in [5.41, 5.74) is 0.638. The molecule has 0 radical (unpaired) electrons. The summed E-state index contributed by atoms with van der Waals surface area (Å²) in [5.74, 6) is -0.660. The van der Waals surface area contributed by atoms with E-state index in [4.69, 9.17) is 0 Å². The van der Waals surface area contributed by atoms with Gasteiger partial charge in [-0.05, 0) is 37.7 Å². The highest BCUT2D eigenvalue weighted by atomic mass is 32.1. The molecule has 1 aromatic heterocycles. The molecule has 1 aliphatic rings. The Morgan fingerprint density at radius 1 is 1.35 bits per heavy atom. The van der Waals surface area contributed by atoms with Crippen LogP contribution in [0.4, 0.5) is 5.13 Å². The average Bonchev–Trinajstić information content (AvgIpc) is 3.10. The molecule has 3 rings (SSSR count). The van der Waals surface area contributed by atoms with E-state index >= 15 is 0 Å². The quantitative estimate of drug-likeness (QED) is 0.874. The fourth-order valence-corrected chi connectivity index (χ4v) is 4.10. The number of carboxylic acids is 1. The molecule has 1 N–H and O–H groups in total. The van der Waals surface area contributed by atoms with Crippen molar-refractivity contribution in [3.05, 3.63) is 47.5 Å². The molecular weight excluding hydrogens is 308 g/mol. The number of nitrogens with zero attached hydrogens (tertiary/aromatic N) is 2. The second-order valence-electron chi connectivity index (χ2n) is 6.26. The molecule has 1 aliphatic heterocycles. The molecule has 4 nitrogen and oxygen atoms in total. The van der Waals surface area contributed by atoms with Crippen molar-refractivity contribution in [1.82, 2.24) is 4.98 Å². The van der Waals surface area contributed by atoms with Crippen molar-refractivity contribution >= 4 is 22.4 Å². The molecule has 1 fully saturated rings. The molecule has 1 atom stereocenters. The van der Waals surface area contributed by atoms with Gasteiger partial charge in [-0.1, -0.05) is 30.3 Å². The number of aryl methyl sites for hydroxylation is 1. The topological polar surface area (TPSA) is 53.4 Å². The molecule has 0 amide bonds. The third kappa shape index (κ3) is 3.72. The number of carboxylic acid groups (broad SMARTS) is 1. The molecule has 23 heavy (non-hydrogen) atoms. The monoisotopic (exact) mass is 330 g/mol. The minimum absolute atomic E-state index is 0.574. The zero-order chi connectivity index (χ0) is 16.1. The molecule has 2 heterocycles. The average molecular weight is 330 g/mol. The summed E-state index contributed by atoms with van der Waals surface area (Å²) in [6.45, 7) is 1.48. The Balaban J connectivity index is 1.66. The second-order valence-corrected chi connectivity index (χ2v) is 7.14. The minimum Gasteiger partial charge on any atom is -0.481 e. The van der Waals surface area contributed by atoms with Gasteiger partial charge < -0.3 is 10.0 Å². The molecule has 0 bridgehead atoms. The van der Waals surface area contributed by atoms with Gasteiger partial charge in [-0.15, -0.1) is 11.3 Å². The highest BCUT2D eigenvalue weighted by Gasteiger charge is 2.42. The number of rotatable bonds is 6. The summed E-state index contributed by atoms with van der Waals surface area (Å²) in [4.78, 5) is 18.5. The van der Waals surface area contributed by atoms with E-state index in [1.54, 1.807) is 17.5 Å². The SMILES string of the molecule is O=C(O)[C@]1(CCCc2ccccc2)CCCN(c2nccs2)C1. The summed E-state index contributed by atoms with van der Waals surface area (Å²) in [7, 11) is 0. The number of aromatic nitrogens is 1. The van der Waals surface area contributed by atoms with E-state index < -0.39 is 11.4 Å². The van der Waals surface area contributed by atoms with Crippen LogP contribution < -0.4 is 4.90 Å². The Morgan fingerprint density at radius 2 is 2.17 bits per heavy atom. The van der Waals surface area contributed by atoms with Gasteiger partial charge in [-0.25, -0.2) is 4.98 Å². The lowest BCUT2D eigenvalue weighted by atomic mass is 9.75. The van der Waals surface area contributed by atoms with Crippen LogP contribution in [0.5, 0.6) is 0 Å². The van der Waals surface area contributed by atoms with Gasteiger partial charge in [0.1, 0.15) is 0 Å². The lowest BCUT2D eigenvalue weighted by Crippen LogP contribution is -2.48. The number of hydrogen-bond donors (Lipinski definition) is 1. The summed E-state index contributed by atoms with van der Waals surface area (Å²) in [5, 5.41) is 12.7. The Bertz CT molecular complexity index is 630. The molecule has 0 unspecified atom stereocenters. The van der Waals surface area contributed by atoms with Gasteiger partial charge in [-0.2, -0.15) is 0 Å². The smallest absolute Gasteiger partial charge is 0.311 e. The van der Waals surface area contributed by atoms with Crippen molar-refractivity contribution in [2.75, 3.05) is 18.0 Å². The van der Waals surface area contributed by atoms with Crippen LogP contribution in [0.3, 0.4) is 0 Å². The van der Waals surface area contributed by atoms with Crippen LogP contribution in [-0.4, -0.2) is 29.1 Å². The molecule has 2 aromatic rings. The van der Waals surface area contributed by atoms with Crippen molar-refractivity contribution in [3.63, 3.8) is 0 Å². The van der Waals surface area contributed by atoms with Crippen LogP contribution in [0.1, 0.15) is 31.2 Å². The molecule has 122 valence electrons. The number of hydrogen-bond acceptors (Lipinski definition) is 4. The molecule has 1 aromatic carbocycles. The van der Waals surface area contributed by atoms with Gasteiger partial charge in [-0.3, -0.25) is 4.79 Å². The maximum absolute atomic E-state index is 12.0. The van der Waals surface area contributed by atoms with E-state index in [1.165, 1.54) is 5.56 Å². The van der Waals surface area contributed by atoms with Crippen LogP contribution in [0.25, 0.3) is 0 Å². The van der Waals surface area contributed by atoms with Gasteiger partial charge in [0.15, 0.2) is 5.13 Å². The van der Waals surface area contributed by atoms with Gasteiger partial charge >= 0.3 is 5.97 Å². The van der Waals surface area contributed by atoms with E-state index in [0.29, 0.717) is 6.54 Å². The predicted molar refractivity (Wildman–Crippen MR) is 93.0 cm³/mol. The summed E-state index contributed by atoms with van der Waals surface area (Å²) < 4.78 is 0. The van der Waals surface area contributed by atoms with Gasteiger partial charge in [0.25, 0.3) is 0 Å². The Hall–Kier alpha value is -1.88. The molecule has 1 saturated heterocycles. The number of piperidine rings is 1. The van der Waals surface area contributed by atoms with Crippen molar-refractivity contribution in [2.24, 2.45) is 5.41 Å². The van der Waals surface area contributed by atoms with Gasteiger partial charge in [0.2, 0.25) is 0 Å². The Labute approximate surface area is 140 Å². The standard InChI is InChI=1S/C18H22N2O2S/c21-16(22)18(9-4-8-15-6-2-1-3-7-15)10-5-12-20(14-18)17-19-11-13-23-17/h1-3,6-7,11,13H,4-5,8-10,12,14H2,(H,21,22)/t18-/m1/s1. The molecule has 0 spiro atoms. The number of carbonyl (C=O) groups is 1. The molecule has 0 saturated carbocycles. The van der Waals surface area contributed by atoms with Crippen LogP contribution in [0.2, 0.25) is 0 Å². The first-order chi connectivity index (χ1) is 11.2. The lowest BCUT2D eigenvalue weighted by molar-refractivity contribution is -0.150. The van der Waals surface area contributed by atoms with Crippen LogP contribution in [0.15, 0.2) is 41.9 Å². The molecule has 0 aliphatic carbocycles. The predicted octanol–water partition coefficient (Wildman–Crippen LogP) is 3.84. The third-order valence-corrected chi connectivity index (χ3v) is 5.52. The fraction of sp³-hybridized carbons (Fsp3) is 0.444. The number of anilines is 1. The van der Waals surface area contributed by atoms with E-state index in [9.17, 15) is 9.90 Å². The zero-order valence-corrected chi connectivity index (χ0v) is 14.0. The highest BCUT2D eigenvalue weighted by Crippen LogP contribution is 2.37. The number of benzene rings is 1. The maximum atomic E-state index is 12.0. The normalized spacial score (nSPS) is 21.3. The Morgan fingerprint density at radius 3 is 2.87 bits per heavy atom. The maximum Gasteiger partial charge on any atom is 0.311 e. The molecule has 5 heteroatoms. The van der Waals surface area contributed by atoms with Crippen molar-refractivity contribution in [3.8, 4) is 0 Å². The van der Waals surface area contributed by atoms with E-state index in [1.807, 2.05) is 23.6 Å². The second kappa shape index (κ2) is 7.13. The van der Waals surface area contributed by atoms with Crippen LogP contribution in [0, 0.1) is 5.41 Å². The number of aliphatic carboxylic acids is 1. The summed E-state index contributed by atoms with van der Waals surface area (Å²) >= 11 is 1.58. The molecular formula is C18H22N2O2S. The van der Waals surface area contributed by atoms with Crippen LogP contribution >= 0.6 is 11.3 Å². The summed E-state index contributed by atoms with van der Waals surface area (Å²) in [6.07, 6.45) is 6.02. The van der Waals surface area contributed by atoms with Crippen molar-refractivity contribution in [1.29, 1.82) is 0 Å². The van der Waals surface area contributed by atoms with Crippen molar-refractivity contribution in [2.45, 2.75) is 32.1 Å². The van der Waals surface area contributed by atoms with Crippen LogP contribution in [-0.2, 0) is 11.2 Å². The first-order valence-electron chi connectivity index (χ1n) is 8.11. The van der Waals surface area contributed by atoms with E-state index in [-0.39, 0.29) is 0 Å². The van der Waals surface area contributed by atoms with E-state index in [0.717, 1.165) is 43.8 Å². The Kier molecular flexibility index (Phi) is 4.96.